The maximum absolute atomic E-state index is 13.0. The molecule has 1 saturated heterocycles. The van der Waals surface area contributed by atoms with Crippen molar-refractivity contribution in [2.45, 2.75) is 57.7 Å². The van der Waals surface area contributed by atoms with Crippen molar-refractivity contribution < 1.29 is 19.4 Å². The quantitative estimate of drug-likeness (QED) is 0.682. The van der Waals surface area contributed by atoms with E-state index in [1.165, 1.54) is 4.90 Å². The van der Waals surface area contributed by atoms with Gasteiger partial charge in [-0.25, -0.2) is 0 Å². The van der Waals surface area contributed by atoms with Crippen molar-refractivity contribution in [3.63, 3.8) is 0 Å². The number of hydrogen-bond acceptors (Lipinski definition) is 4. The Labute approximate surface area is 184 Å². The number of amides is 2. The lowest BCUT2D eigenvalue weighted by Crippen LogP contribution is -2.42. The highest BCUT2D eigenvalue weighted by Gasteiger charge is 2.51. The largest absolute Gasteiger partial charge is 0.389 e. The van der Waals surface area contributed by atoms with Crippen LogP contribution in [-0.4, -0.2) is 41.1 Å². The Morgan fingerprint density at radius 3 is 2.39 bits per heavy atom. The number of aliphatic hydroxyl groups excluding tert-OH is 1. The predicted octanol–water partition coefficient (Wildman–Crippen LogP) is 4.17. The molecule has 164 valence electrons. The van der Waals surface area contributed by atoms with Gasteiger partial charge in [-0.2, -0.15) is 0 Å². The summed E-state index contributed by atoms with van der Waals surface area (Å²) >= 11 is 0. The molecule has 2 atom stereocenters. The monoisotopic (exact) mass is 421 g/mol. The molecule has 1 aliphatic carbocycles. The number of β-amino-alcohol motifs (C(OH)–C–C–N with tert-alkyl or cyclic N) is 1. The molecule has 5 heteroatoms. The number of aliphatic hydroxyl groups is 1. The number of nitrogens with zero attached hydrogens (tertiary/aromatic N) is 1. The fraction of sp³-hybridized carbons (Fsp3) is 0.462. The van der Waals surface area contributed by atoms with E-state index in [-0.39, 0.29) is 37.5 Å². The molecular formula is C26H31NO4. The van der Waals surface area contributed by atoms with Crippen LogP contribution in [0, 0.1) is 12.3 Å². The van der Waals surface area contributed by atoms with Crippen molar-refractivity contribution in [2.24, 2.45) is 5.41 Å². The van der Waals surface area contributed by atoms with Gasteiger partial charge in [-0.1, -0.05) is 73.9 Å². The van der Waals surface area contributed by atoms with E-state index >= 15 is 0 Å². The van der Waals surface area contributed by atoms with Crippen molar-refractivity contribution >= 4 is 11.8 Å². The molecule has 2 aromatic rings. The van der Waals surface area contributed by atoms with Crippen molar-refractivity contribution in [1.29, 1.82) is 0 Å². The minimum absolute atomic E-state index is 0.00526. The summed E-state index contributed by atoms with van der Waals surface area (Å²) in [5, 5.41) is 10.7. The van der Waals surface area contributed by atoms with Crippen molar-refractivity contribution in [2.75, 3.05) is 13.2 Å². The summed E-state index contributed by atoms with van der Waals surface area (Å²) in [7, 11) is 0. The van der Waals surface area contributed by atoms with Crippen LogP contribution in [0.1, 0.15) is 61.3 Å². The minimum atomic E-state index is -0.929. The van der Waals surface area contributed by atoms with Crippen LogP contribution in [0.3, 0.4) is 0 Å². The molecule has 1 heterocycles. The predicted molar refractivity (Wildman–Crippen MR) is 118 cm³/mol. The van der Waals surface area contributed by atoms with Crippen LogP contribution in [-0.2, 0) is 14.3 Å². The van der Waals surface area contributed by atoms with Crippen LogP contribution in [0.5, 0.6) is 0 Å². The molecule has 2 unspecified atom stereocenters. The highest BCUT2D eigenvalue weighted by molar-refractivity contribution is 6.06. The molecule has 5 nitrogen and oxygen atoms in total. The van der Waals surface area contributed by atoms with Crippen LogP contribution in [0.15, 0.2) is 54.6 Å². The molecule has 1 saturated carbocycles. The van der Waals surface area contributed by atoms with Crippen LogP contribution in [0.25, 0.3) is 0 Å². The summed E-state index contributed by atoms with van der Waals surface area (Å²) in [6, 6.07) is 17.9. The zero-order valence-corrected chi connectivity index (χ0v) is 18.1. The smallest absolute Gasteiger partial charge is 0.235 e. The zero-order valence-electron chi connectivity index (χ0n) is 18.1. The summed E-state index contributed by atoms with van der Waals surface area (Å²) in [4.78, 5) is 26.8. The van der Waals surface area contributed by atoms with Gasteiger partial charge in [-0.3, -0.25) is 14.5 Å². The molecule has 31 heavy (non-hydrogen) atoms. The molecule has 1 N–H and O–H groups in total. The normalized spacial score (nSPS) is 20.3. The fourth-order valence-electron chi connectivity index (χ4n) is 5.01. The molecule has 2 aromatic carbocycles. The Morgan fingerprint density at radius 1 is 1.00 bits per heavy atom. The average molecular weight is 422 g/mol. The number of ether oxygens (including phenoxy) is 1. The number of aryl methyl sites for hydroxylation is 1. The molecule has 0 radical (unpaired) electrons. The van der Waals surface area contributed by atoms with E-state index in [1.807, 2.05) is 61.5 Å². The van der Waals surface area contributed by atoms with Gasteiger partial charge >= 0.3 is 0 Å². The Hall–Kier alpha value is -2.50. The molecule has 1 spiro atoms. The Balaban J connectivity index is 1.44. The number of hydrogen-bond donors (Lipinski definition) is 1. The number of imide groups is 1. The highest BCUT2D eigenvalue weighted by atomic mass is 16.5. The highest BCUT2D eigenvalue weighted by Crippen LogP contribution is 2.45. The van der Waals surface area contributed by atoms with Crippen LogP contribution < -0.4 is 0 Å². The summed E-state index contributed by atoms with van der Waals surface area (Å²) in [6.07, 6.45) is 3.71. The SMILES string of the molecule is Cc1ccccc1C(OCC(O)CN1C(=O)CC2(CCCCC2)C1=O)c1ccccc1. The van der Waals surface area contributed by atoms with E-state index in [1.54, 1.807) is 0 Å². The Bertz CT molecular complexity index is 920. The van der Waals surface area contributed by atoms with Gasteiger partial charge in [0.15, 0.2) is 0 Å². The molecule has 1 aliphatic heterocycles. The van der Waals surface area contributed by atoms with E-state index < -0.39 is 11.5 Å². The topological polar surface area (TPSA) is 66.8 Å². The Kier molecular flexibility index (Phi) is 6.54. The van der Waals surface area contributed by atoms with Gasteiger partial charge < -0.3 is 9.84 Å². The number of likely N-dealkylation sites (tertiary alicyclic amines) is 1. The summed E-state index contributed by atoms with van der Waals surface area (Å²) in [5.74, 6) is -0.265. The third-order valence-electron chi connectivity index (χ3n) is 6.72. The van der Waals surface area contributed by atoms with Gasteiger partial charge in [0.05, 0.1) is 24.7 Å². The molecule has 2 amide bonds. The molecule has 4 rings (SSSR count). The minimum Gasteiger partial charge on any atom is -0.389 e. The fourth-order valence-corrected chi connectivity index (χ4v) is 5.01. The zero-order chi connectivity index (χ0) is 21.8. The van der Waals surface area contributed by atoms with Gasteiger partial charge in [-0.05, 0) is 36.5 Å². The maximum Gasteiger partial charge on any atom is 0.235 e. The number of carbonyl (C=O) groups excluding carboxylic acids is 2. The number of carbonyl (C=O) groups is 2. The second kappa shape index (κ2) is 9.33. The van der Waals surface area contributed by atoms with E-state index in [0.717, 1.165) is 48.8 Å². The number of rotatable bonds is 7. The van der Waals surface area contributed by atoms with Gasteiger partial charge in [0, 0.05) is 6.42 Å². The van der Waals surface area contributed by atoms with Crippen molar-refractivity contribution in [3.8, 4) is 0 Å². The van der Waals surface area contributed by atoms with E-state index in [2.05, 4.69) is 0 Å². The van der Waals surface area contributed by atoms with Crippen LogP contribution >= 0.6 is 0 Å². The first-order chi connectivity index (χ1) is 15.0. The third-order valence-corrected chi connectivity index (χ3v) is 6.72. The molecule has 2 aliphatic rings. The average Bonchev–Trinajstić information content (AvgIpc) is 3.00. The van der Waals surface area contributed by atoms with E-state index in [4.69, 9.17) is 4.74 Å². The van der Waals surface area contributed by atoms with Crippen molar-refractivity contribution in [3.05, 3.63) is 71.3 Å². The maximum atomic E-state index is 13.0. The second-order valence-electron chi connectivity index (χ2n) is 8.96. The standard InChI is InChI=1S/C26H31NO4/c1-19-10-6-7-13-22(19)24(20-11-4-2-5-12-20)31-18-21(28)17-27-23(29)16-26(25(27)30)14-8-3-9-15-26/h2,4-7,10-13,21,24,28H,3,8-9,14-18H2,1H3. The van der Waals surface area contributed by atoms with E-state index in [9.17, 15) is 14.7 Å². The lowest BCUT2D eigenvalue weighted by molar-refractivity contribution is -0.144. The third kappa shape index (κ3) is 4.58. The van der Waals surface area contributed by atoms with Crippen LogP contribution in [0.4, 0.5) is 0 Å². The van der Waals surface area contributed by atoms with Gasteiger partial charge in [-0.15, -0.1) is 0 Å². The van der Waals surface area contributed by atoms with Gasteiger partial charge in [0.25, 0.3) is 0 Å². The lowest BCUT2D eigenvalue weighted by atomic mass is 9.73. The van der Waals surface area contributed by atoms with E-state index in [0.29, 0.717) is 0 Å². The second-order valence-corrected chi connectivity index (χ2v) is 8.96. The first-order valence-electron chi connectivity index (χ1n) is 11.3. The number of benzene rings is 2. The lowest BCUT2D eigenvalue weighted by Gasteiger charge is -2.31. The molecule has 0 bridgehead atoms. The van der Waals surface area contributed by atoms with Crippen LogP contribution in [0.2, 0.25) is 0 Å². The summed E-state index contributed by atoms with van der Waals surface area (Å²) < 4.78 is 6.18. The first kappa shape index (κ1) is 21.7. The van der Waals surface area contributed by atoms with Gasteiger partial charge in [0.2, 0.25) is 11.8 Å². The van der Waals surface area contributed by atoms with Gasteiger partial charge in [0.1, 0.15) is 6.10 Å². The van der Waals surface area contributed by atoms with Crippen molar-refractivity contribution in [1.82, 2.24) is 4.90 Å². The summed E-state index contributed by atoms with van der Waals surface area (Å²) in [5.41, 5.74) is 2.62. The summed E-state index contributed by atoms with van der Waals surface area (Å²) in [6.45, 7) is 2.07. The molecular weight excluding hydrogens is 390 g/mol. The Morgan fingerprint density at radius 2 is 1.68 bits per heavy atom. The molecule has 0 aromatic heterocycles. The first-order valence-corrected chi connectivity index (χ1v) is 11.3. The molecule has 2 fully saturated rings.